The second kappa shape index (κ2) is 4.88. The van der Waals surface area contributed by atoms with Crippen molar-refractivity contribution in [1.29, 1.82) is 0 Å². The Morgan fingerprint density at radius 1 is 1.53 bits per heavy atom. The third-order valence-corrected chi connectivity index (χ3v) is 2.95. The molecule has 91 valence electrons. The van der Waals surface area contributed by atoms with Gasteiger partial charge in [0.05, 0.1) is 0 Å². The molecule has 17 heavy (non-hydrogen) atoms. The Labute approximate surface area is 101 Å². The van der Waals surface area contributed by atoms with Gasteiger partial charge in [0, 0.05) is 19.4 Å². The van der Waals surface area contributed by atoms with E-state index in [9.17, 15) is 4.79 Å². The highest BCUT2D eigenvalue weighted by Gasteiger charge is 2.25. The van der Waals surface area contributed by atoms with Gasteiger partial charge in [-0.3, -0.25) is 4.79 Å². The number of esters is 1. The first-order valence-corrected chi connectivity index (χ1v) is 5.87. The Bertz CT molecular complexity index is 421. The van der Waals surface area contributed by atoms with Crippen molar-refractivity contribution in [2.75, 3.05) is 6.61 Å². The highest BCUT2D eigenvalue weighted by atomic mass is 16.5. The zero-order valence-electron chi connectivity index (χ0n) is 9.98. The average molecular weight is 233 g/mol. The maximum absolute atomic E-state index is 11.0. The SMILES string of the molecule is [CH2]C(CO)c1cc(OC(C)=O)cc(C2CC2)c1. The maximum Gasteiger partial charge on any atom is 0.308 e. The number of hydrogen-bond donors (Lipinski definition) is 1. The van der Waals surface area contributed by atoms with Crippen LogP contribution in [0.1, 0.15) is 42.7 Å². The number of rotatable bonds is 4. The summed E-state index contributed by atoms with van der Waals surface area (Å²) < 4.78 is 5.12. The number of carbonyl (C=O) groups is 1. The molecular formula is C14H17O3. The van der Waals surface area contributed by atoms with Gasteiger partial charge >= 0.3 is 5.97 Å². The number of benzene rings is 1. The van der Waals surface area contributed by atoms with Gasteiger partial charge in [-0.25, -0.2) is 0 Å². The highest BCUT2D eigenvalue weighted by Crippen LogP contribution is 2.42. The molecule has 0 aromatic heterocycles. The van der Waals surface area contributed by atoms with E-state index in [2.05, 4.69) is 13.0 Å². The average Bonchev–Trinajstić information content (AvgIpc) is 3.10. The second-order valence-electron chi connectivity index (χ2n) is 4.58. The monoisotopic (exact) mass is 233 g/mol. The van der Waals surface area contributed by atoms with Gasteiger partial charge in [0.25, 0.3) is 0 Å². The minimum atomic E-state index is -0.325. The summed E-state index contributed by atoms with van der Waals surface area (Å²) in [5, 5.41) is 9.14. The van der Waals surface area contributed by atoms with Gasteiger partial charge in [-0.1, -0.05) is 6.07 Å². The van der Waals surface area contributed by atoms with E-state index < -0.39 is 0 Å². The van der Waals surface area contributed by atoms with Crippen LogP contribution in [0, 0.1) is 6.92 Å². The van der Waals surface area contributed by atoms with Crippen molar-refractivity contribution in [1.82, 2.24) is 0 Å². The minimum Gasteiger partial charge on any atom is -0.427 e. The van der Waals surface area contributed by atoms with E-state index >= 15 is 0 Å². The molecule has 1 radical (unpaired) electrons. The lowest BCUT2D eigenvalue weighted by molar-refractivity contribution is -0.131. The normalized spacial score (nSPS) is 16.6. The molecule has 0 amide bonds. The van der Waals surface area contributed by atoms with E-state index in [1.54, 1.807) is 6.07 Å². The second-order valence-corrected chi connectivity index (χ2v) is 4.58. The topological polar surface area (TPSA) is 46.5 Å². The van der Waals surface area contributed by atoms with Crippen molar-refractivity contribution < 1.29 is 14.6 Å². The molecule has 0 spiro atoms. The molecule has 1 aliphatic carbocycles. The van der Waals surface area contributed by atoms with Gasteiger partial charge in [-0.15, -0.1) is 0 Å². The fraction of sp³-hybridized carbons (Fsp3) is 0.429. The first kappa shape index (κ1) is 12.1. The zero-order chi connectivity index (χ0) is 12.4. The Balaban J connectivity index is 2.31. The van der Waals surface area contributed by atoms with Crippen LogP contribution in [0.4, 0.5) is 0 Å². The molecule has 0 bridgehead atoms. The summed E-state index contributed by atoms with van der Waals surface area (Å²) in [5.41, 5.74) is 2.11. The van der Waals surface area contributed by atoms with Crippen LogP contribution in [-0.2, 0) is 4.79 Å². The number of hydrogen-bond acceptors (Lipinski definition) is 3. The summed E-state index contributed by atoms with van der Waals surface area (Å²) in [6.07, 6.45) is 2.37. The number of aliphatic hydroxyl groups is 1. The van der Waals surface area contributed by atoms with Crippen molar-refractivity contribution in [2.45, 2.75) is 31.6 Å². The first-order valence-electron chi connectivity index (χ1n) is 5.87. The zero-order valence-corrected chi connectivity index (χ0v) is 9.98. The molecular weight excluding hydrogens is 216 g/mol. The van der Waals surface area contributed by atoms with Gasteiger partial charge in [0.1, 0.15) is 5.75 Å². The van der Waals surface area contributed by atoms with Crippen LogP contribution in [0.25, 0.3) is 0 Å². The molecule has 1 fully saturated rings. The van der Waals surface area contributed by atoms with E-state index in [0.29, 0.717) is 11.7 Å². The van der Waals surface area contributed by atoms with Crippen LogP contribution in [0.5, 0.6) is 5.75 Å². The largest absolute Gasteiger partial charge is 0.427 e. The van der Waals surface area contributed by atoms with E-state index in [-0.39, 0.29) is 18.5 Å². The molecule has 0 aliphatic heterocycles. The van der Waals surface area contributed by atoms with Crippen LogP contribution in [0.3, 0.4) is 0 Å². The smallest absolute Gasteiger partial charge is 0.308 e. The molecule has 1 aromatic rings. The molecule has 1 unspecified atom stereocenters. The molecule has 3 heteroatoms. The van der Waals surface area contributed by atoms with Crippen LogP contribution in [0.2, 0.25) is 0 Å². The lowest BCUT2D eigenvalue weighted by Crippen LogP contribution is -2.05. The van der Waals surface area contributed by atoms with Crippen molar-refractivity contribution in [3.05, 3.63) is 36.2 Å². The third kappa shape index (κ3) is 3.07. The fourth-order valence-electron chi connectivity index (χ4n) is 1.86. The van der Waals surface area contributed by atoms with E-state index in [0.717, 1.165) is 5.56 Å². The molecule has 1 N–H and O–H groups in total. The lowest BCUT2D eigenvalue weighted by Gasteiger charge is -2.12. The molecule has 1 saturated carbocycles. The number of ether oxygens (including phenoxy) is 1. The van der Waals surface area contributed by atoms with Gasteiger partial charge in [0.2, 0.25) is 0 Å². The first-order chi connectivity index (χ1) is 8.10. The van der Waals surface area contributed by atoms with E-state index in [4.69, 9.17) is 9.84 Å². The third-order valence-electron chi connectivity index (χ3n) is 2.95. The molecule has 0 heterocycles. The maximum atomic E-state index is 11.0. The van der Waals surface area contributed by atoms with Gasteiger partial charge in [0.15, 0.2) is 0 Å². The quantitative estimate of drug-likeness (QED) is 0.641. The molecule has 0 saturated heterocycles. The summed E-state index contributed by atoms with van der Waals surface area (Å²) in [5.74, 6) is 0.630. The van der Waals surface area contributed by atoms with E-state index in [1.165, 1.54) is 25.3 Å². The standard InChI is InChI=1S/C14H17O3/c1-9(8-15)12-5-13(11-3-4-11)7-14(6-12)17-10(2)16/h5-7,9,11,15H,1,3-4,8H2,2H3. The lowest BCUT2D eigenvalue weighted by atomic mass is 9.97. The van der Waals surface area contributed by atoms with Crippen LogP contribution < -0.4 is 4.74 Å². The predicted octanol–water partition coefficient (Wildman–Crippen LogP) is 2.40. The van der Waals surface area contributed by atoms with Crippen molar-refractivity contribution in [3.8, 4) is 5.75 Å². The van der Waals surface area contributed by atoms with Gasteiger partial charge in [-0.05, 0) is 48.9 Å². The molecule has 2 rings (SSSR count). The number of aliphatic hydroxyl groups excluding tert-OH is 1. The molecule has 1 aliphatic rings. The summed E-state index contributed by atoms with van der Waals surface area (Å²) in [7, 11) is 0. The van der Waals surface area contributed by atoms with Crippen molar-refractivity contribution in [3.63, 3.8) is 0 Å². The van der Waals surface area contributed by atoms with Gasteiger partial charge in [-0.2, -0.15) is 0 Å². The predicted molar refractivity (Wildman–Crippen MR) is 64.9 cm³/mol. The summed E-state index contributed by atoms with van der Waals surface area (Å²) in [6.45, 7) is 5.26. The van der Waals surface area contributed by atoms with Gasteiger partial charge < -0.3 is 9.84 Å². The molecule has 3 nitrogen and oxygen atoms in total. The van der Waals surface area contributed by atoms with E-state index in [1.807, 2.05) is 6.07 Å². The number of carbonyl (C=O) groups excluding carboxylic acids is 1. The summed E-state index contributed by atoms with van der Waals surface area (Å²) >= 11 is 0. The molecule has 1 atom stereocenters. The Kier molecular flexibility index (Phi) is 3.48. The van der Waals surface area contributed by atoms with Crippen molar-refractivity contribution >= 4 is 5.97 Å². The van der Waals surface area contributed by atoms with Crippen LogP contribution in [0.15, 0.2) is 18.2 Å². The van der Waals surface area contributed by atoms with Crippen molar-refractivity contribution in [2.24, 2.45) is 0 Å². The van der Waals surface area contributed by atoms with Crippen LogP contribution in [-0.4, -0.2) is 17.7 Å². The Morgan fingerprint density at radius 2 is 2.24 bits per heavy atom. The Morgan fingerprint density at radius 3 is 2.76 bits per heavy atom. The summed E-state index contributed by atoms with van der Waals surface area (Å²) in [6, 6.07) is 5.74. The van der Waals surface area contributed by atoms with Crippen LogP contribution >= 0.6 is 0 Å². The molecule has 1 aromatic carbocycles. The highest BCUT2D eigenvalue weighted by molar-refractivity contribution is 5.69. The fourth-order valence-corrected chi connectivity index (χ4v) is 1.86. The minimum absolute atomic E-state index is 0.00632. The Hall–Kier alpha value is -1.35. The summed E-state index contributed by atoms with van der Waals surface area (Å²) in [4.78, 5) is 11.0.